The SMILES string of the molecule is NC(=O)[C@@H]1CCCN(C(=O)CN2[C@@H]3CCCC[C@@H]3C[C@H]2C(=O)O)C1. The van der Waals surface area contributed by atoms with E-state index < -0.39 is 12.0 Å². The van der Waals surface area contributed by atoms with Crippen molar-refractivity contribution in [2.45, 2.75) is 57.0 Å². The molecule has 3 fully saturated rings. The Kier molecular flexibility index (Phi) is 5.08. The maximum Gasteiger partial charge on any atom is 0.320 e. The lowest BCUT2D eigenvalue weighted by molar-refractivity contribution is -0.144. The lowest BCUT2D eigenvalue weighted by Gasteiger charge is -2.36. The van der Waals surface area contributed by atoms with Gasteiger partial charge in [0.2, 0.25) is 11.8 Å². The quantitative estimate of drug-likeness (QED) is 0.774. The molecule has 0 bridgehead atoms. The van der Waals surface area contributed by atoms with E-state index in [1.807, 2.05) is 4.90 Å². The first kappa shape index (κ1) is 17.2. The van der Waals surface area contributed by atoms with Crippen molar-refractivity contribution >= 4 is 17.8 Å². The maximum atomic E-state index is 12.7. The van der Waals surface area contributed by atoms with Crippen LogP contribution in [0.3, 0.4) is 0 Å². The first-order valence-corrected chi connectivity index (χ1v) is 9.03. The molecule has 0 aromatic carbocycles. The van der Waals surface area contributed by atoms with Crippen LogP contribution in [0.1, 0.15) is 44.9 Å². The van der Waals surface area contributed by atoms with Gasteiger partial charge in [-0.3, -0.25) is 19.3 Å². The number of nitrogens with zero attached hydrogens (tertiary/aromatic N) is 2. The molecule has 3 aliphatic rings. The van der Waals surface area contributed by atoms with Gasteiger partial charge < -0.3 is 15.7 Å². The minimum atomic E-state index is -0.828. The average Bonchev–Trinajstić information content (AvgIpc) is 2.94. The standard InChI is InChI=1S/C17H27N3O4/c18-16(22)12-5-3-7-19(9-12)15(21)10-20-13-6-2-1-4-11(13)8-14(20)17(23)24/h11-14H,1-10H2,(H2,18,22)(H,23,24)/t11-,12-,13-,14+/m1/s1. The zero-order chi connectivity index (χ0) is 17.3. The summed E-state index contributed by atoms with van der Waals surface area (Å²) in [6, 6.07) is -0.348. The van der Waals surface area contributed by atoms with Gasteiger partial charge in [-0.2, -0.15) is 0 Å². The van der Waals surface area contributed by atoms with Gasteiger partial charge in [-0.1, -0.05) is 12.8 Å². The second kappa shape index (κ2) is 7.09. The Morgan fingerprint density at radius 3 is 2.54 bits per heavy atom. The second-order valence-corrected chi connectivity index (χ2v) is 7.46. The van der Waals surface area contributed by atoms with Gasteiger partial charge in [0, 0.05) is 19.1 Å². The Hall–Kier alpha value is -1.63. The number of rotatable bonds is 4. The number of primary amides is 1. The molecule has 2 saturated heterocycles. The van der Waals surface area contributed by atoms with Crippen LogP contribution in [0.25, 0.3) is 0 Å². The summed E-state index contributed by atoms with van der Waals surface area (Å²) in [6.45, 7) is 1.14. The summed E-state index contributed by atoms with van der Waals surface area (Å²) in [7, 11) is 0. The van der Waals surface area contributed by atoms with E-state index in [9.17, 15) is 19.5 Å². The van der Waals surface area contributed by atoms with Crippen LogP contribution in [0, 0.1) is 11.8 Å². The zero-order valence-corrected chi connectivity index (χ0v) is 14.0. The Balaban J connectivity index is 1.67. The molecule has 0 radical (unpaired) electrons. The lowest BCUT2D eigenvalue weighted by Crippen LogP contribution is -2.51. The first-order valence-electron chi connectivity index (χ1n) is 9.03. The highest BCUT2D eigenvalue weighted by Crippen LogP contribution is 2.39. The van der Waals surface area contributed by atoms with Gasteiger partial charge in [-0.05, 0) is 38.0 Å². The van der Waals surface area contributed by atoms with Gasteiger partial charge in [0.15, 0.2) is 0 Å². The van der Waals surface area contributed by atoms with E-state index in [0.717, 1.165) is 38.5 Å². The number of carboxylic acid groups (broad SMARTS) is 1. The number of carbonyl (C=O) groups is 3. The topological polar surface area (TPSA) is 104 Å². The molecular weight excluding hydrogens is 310 g/mol. The number of likely N-dealkylation sites (tertiary alicyclic amines) is 2. The highest BCUT2D eigenvalue weighted by molar-refractivity contribution is 5.82. The molecule has 24 heavy (non-hydrogen) atoms. The molecule has 3 rings (SSSR count). The smallest absolute Gasteiger partial charge is 0.320 e. The van der Waals surface area contributed by atoms with E-state index in [4.69, 9.17) is 5.73 Å². The van der Waals surface area contributed by atoms with Crippen molar-refractivity contribution in [3.05, 3.63) is 0 Å². The van der Waals surface area contributed by atoms with E-state index in [0.29, 0.717) is 25.4 Å². The molecule has 134 valence electrons. The van der Waals surface area contributed by atoms with Crippen LogP contribution in [0.15, 0.2) is 0 Å². The number of aliphatic carboxylic acids is 1. The van der Waals surface area contributed by atoms with Crippen molar-refractivity contribution in [3.63, 3.8) is 0 Å². The Morgan fingerprint density at radius 2 is 1.83 bits per heavy atom. The van der Waals surface area contributed by atoms with Gasteiger partial charge >= 0.3 is 5.97 Å². The summed E-state index contributed by atoms with van der Waals surface area (Å²) >= 11 is 0. The van der Waals surface area contributed by atoms with Gasteiger partial charge in [-0.25, -0.2) is 0 Å². The molecule has 0 spiro atoms. The third kappa shape index (κ3) is 3.41. The fourth-order valence-electron chi connectivity index (χ4n) is 4.72. The van der Waals surface area contributed by atoms with E-state index in [-0.39, 0.29) is 30.3 Å². The van der Waals surface area contributed by atoms with Gasteiger partial charge in [0.25, 0.3) is 0 Å². The highest BCUT2D eigenvalue weighted by Gasteiger charge is 2.46. The number of piperidine rings is 1. The summed E-state index contributed by atoms with van der Waals surface area (Å²) < 4.78 is 0. The largest absolute Gasteiger partial charge is 0.480 e. The number of hydrogen-bond donors (Lipinski definition) is 2. The van der Waals surface area contributed by atoms with E-state index in [1.165, 1.54) is 0 Å². The molecule has 0 aromatic heterocycles. The first-order chi connectivity index (χ1) is 11.5. The molecular formula is C17H27N3O4. The van der Waals surface area contributed by atoms with Crippen molar-refractivity contribution in [1.82, 2.24) is 9.80 Å². The van der Waals surface area contributed by atoms with Crippen molar-refractivity contribution in [2.24, 2.45) is 17.6 Å². The van der Waals surface area contributed by atoms with Crippen molar-refractivity contribution in [1.29, 1.82) is 0 Å². The number of carbonyl (C=O) groups excluding carboxylic acids is 2. The van der Waals surface area contributed by atoms with Crippen LogP contribution in [0.4, 0.5) is 0 Å². The van der Waals surface area contributed by atoms with Gasteiger partial charge in [0.05, 0.1) is 12.5 Å². The molecule has 2 aliphatic heterocycles. The van der Waals surface area contributed by atoms with E-state index >= 15 is 0 Å². The van der Waals surface area contributed by atoms with Crippen LogP contribution < -0.4 is 5.73 Å². The van der Waals surface area contributed by atoms with Crippen molar-refractivity contribution in [3.8, 4) is 0 Å². The van der Waals surface area contributed by atoms with Crippen LogP contribution >= 0.6 is 0 Å². The molecule has 4 atom stereocenters. The third-order valence-electron chi connectivity index (χ3n) is 6.00. The Bertz CT molecular complexity index is 524. The summed E-state index contributed by atoms with van der Waals surface area (Å²) in [6.07, 6.45) is 6.45. The lowest BCUT2D eigenvalue weighted by atomic mass is 9.85. The summed E-state index contributed by atoms with van der Waals surface area (Å²) in [4.78, 5) is 39.3. The molecule has 3 N–H and O–H groups in total. The van der Waals surface area contributed by atoms with Gasteiger partial charge in [0.1, 0.15) is 6.04 Å². The molecule has 0 unspecified atom stereocenters. The van der Waals surface area contributed by atoms with E-state index in [2.05, 4.69) is 0 Å². The summed E-state index contributed by atoms with van der Waals surface area (Å²) in [5.41, 5.74) is 5.38. The average molecular weight is 337 g/mol. The van der Waals surface area contributed by atoms with Crippen LogP contribution in [-0.2, 0) is 14.4 Å². The molecule has 2 amide bonds. The molecule has 0 aromatic rings. The summed E-state index contributed by atoms with van der Waals surface area (Å²) in [5.74, 6) is -1.14. The molecule has 1 saturated carbocycles. The highest BCUT2D eigenvalue weighted by atomic mass is 16.4. The van der Waals surface area contributed by atoms with Crippen LogP contribution in [-0.4, -0.2) is 64.4 Å². The zero-order valence-electron chi connectivity index (χ0n) is 14.0. The molecule has 7 heteroatoms. The summed E-state index contributed by atoms with van der Waals surface area (Å²) in [5, 5.41) is 9.54. The number of nitrogens with two attached hydrogens (primary N) is 1. The van der Waals surface area contributed by atoms with Crippen LogP contribution in [0.5, 0.6) is 0 Å². The number of hydrogen-bond acceptors (Lipinski definition) is 4. The van der Waals surface area contributed by atoms with Crippen molar-refractivity contribution < 1.29 is 19.5 Å². The normalized spacial score (nSPS) is 33.9. The number of carboxylic acids is 1. The minimum absolute atomic E-state index is 0.0709. The minimum Gasteiger partial charge on any atom is -0.480 e. The predicted molar refractivity (Wildman–Crippen MR) is 87.0 cm³/mol. The number of amides is 2. The predicted octanol–water partition coefficient (Wildman–Crippen LogP) is 0.428. The second-order valence-electron chi connectivity index (χ2n) is 7.46. The Labute approximate surface area is 142 Å². The third-order valence-corrected chi connectivity index (χ3v) is 6.00. The monoisotopic (exact) mass is 337 g/mol. The Morgan fingerprint density at radius 1 is 1.08 bits per heavy atom. The number of fused-ring (bicyclic) bond motifs is 1. The van der Waals surface area contributed by atoms with Crippen molar-refractivity contribution in [2.75, 3.05) is 19.6 Å². The molecule has 1 aliphatic carbocycles. The molecule has 2 heterocycles. The fourth-order valence-corrected chi connectivity index (χ4v) is 4.72. The van der Waals surface area contributed by atoms with Gasteiger partial charge in [-0.15, -0.1) is 0 Å². The molecule has 7 nitrogen and oxygen atoms in total. The fraction of sp³-hybridized carbons (Fsp3) is 0.824. The maximum absolute atomic E-state index is 12.7. The van der Waals surface area contributed by atoms with Crippen LogP contribution in [0.2, 0.25) is 0 Å². The van der Waals surface area contributed by atoms with E-state index in [1.54, 1.807) is 4.90 Å².